The summed E-state index contributed by atoms with van der Waals surface area (Å²) in [5.74, 6) is 0.751. The number of nitrogens with zero attached hydrogens (tertiary/aromatic N) is 1. The van der Waals surface area contributed by atoms with Gasteiger partial charge in [-0.2, -0.15) is 0 Å². The van der Waals surface area contributed by atoms with Crippen LogP contribution in [0.25, 0.3) is 10.9 Å². The Bertz CT molecular complexity index is 477. The second kappa shape index (κ2) is 3.18. The molecule has 0 bridgehead atoms. The summed E-state index contributed by atoms with van der Waals surface area (Å²) in [5, 5.41) is 4.11. The molecule has 0 aliphatic rings. The summed E-state index contributed by atoms with van der Waals surface area (Å²) in [7, 11) is 1.83. The molecule has 3 heteroatoms. The van der Waals surface area contributed by atoms with Crippen LogP contribution in [-0.4, -0.2) is 12.0 Å². The van der Waals surface area contributed by atoms with E-state index >= 15 is 0 Å². The molecular weight excluding hydrogens is 174 g/mol. The Balaban J connectivity index is 2.85. The molecular formula is C11H13N3. The number of nitrogens with one attached hydrogen (secondary N) is 1. The van der Waals surface area contributed by atoms with Gasteiger partial charge in [0.2, 0.25) is 0 Å². The number of hydrogen-bond acceptors (Lipinski definition) is 3. The van der Waals surface area contributed by atoms with Crippen LogP contribution in [0.15, 0.2) is 24.3 Å². The standard InChI is InChI=1S/C11H13N3/c1-7-8-5-3-4-6-9(8)14-11(13-2)10(7)12/h3-6H,12H2,1-2H3,(H,13,14). The first-order valence-corrected chi connectivity index (χ1v) is 4.56. The van der Waals surface area contributed by atoms with Gasteiger partial charge in [0.15, 0.2) is 0 Å². The molecule has 0 spiro atoms. The van der Waals surface area contributed by atoms with E-state index in [0.717, 1.165) is 28.0 Å². The Labute approximate surface area is 83.0 Å². The Morgan fingerprint density at radius 3 is 2.71 bits per heavy atom. The van der Waals surface area contributed by atoms with E-state index in [1.807, 2.05) is 38.2 Å². The maximum atomic E-state index is 5.93. The summed E-state index contributed by atoms with van der Waals surface area (Å²) in [5.41, 5.74) is 8.72. The van der Waals surface area contributed by atoms with Crippen molar-refractivity contribution in [2.24, 2.45) is 0 Å². The molecule has 3 N–H and O–H groups in total. The molecule has 1 aromatic heterocycles. The number of pyridine rings is 1. The second-order valence-electron chi connectivity index (χ2n) is 3.27. The van der Waals surface area contributed by atoms with E-state index < -0.39 is 0 Å². The van der Waals surface area contributed by atoms with E-state index in [-0.39, 0.29) is 0 Å². The lowest BCUT2D eigenvalue weighted by Crippen LogP contribution is -2.01. The van der Waals surface area contributed by atoms with Gasteiger partial charge >= 0.3 is 0 Å². The van der Waals surface area contributed by atoms with E-state index in [1.165, 1.54) is 0 Å². The lowest BCUT2D eigenvalue weighted by molar-refractivity contribution is 1.32. The highest BCUT2D eigenvalue weighted by molar-refractivity contribution is 5.90. The van der Waals surface area contributed by atoms with Gasteiger partial charge in [0.1, 0.15) is 5.82 Å². The number of nitrogen functional groups attached to an aromatic ring is 1. The number of aryl methyl sites for hydroxylation is 1. The molecule has 0 aliphatic heterocycles. The monoisotopic (exact) mass is 187 g/mol. The van der Waals surface area contributed by atoms with Gasteiger partial charge < -0.3 is 11.1 Å². The van der Waals surface area contributed by atoms with Gasteiger partial charge in [0.05, 0.1) is 11.2 Å². The SMILES string of the molecule is CNc1nc2ccccc2c(C)c1N. The second-order valence-corrected chi connectivity index (χ2v) is 3.27. The van der Waals surface area contributed by atoms with Crippen molar-refractivity contribution in [3.05, 3.63) is 29.8 Å². The van der Waals surface area contributed by atoms with Gasteiger partial charge in [0, 0.05) is 12.4 Å². The van der Waals surface area contributed by atoms with Gasteiger partial charge in [0.25, 0.3) is 0 Å². The topological polar surface area (TPSA) is 50.9 Å². The van der Waals surface area contributed by atoms with E-state index in [9.17, 15) is 0 Å². The van der Waals surface area contributed by atoms with Crippen LogP contribution in [0, 0.1) is 6.92 Å². The van der Waals surface area contributed by atoms with Crippen molar-refractivity contribution < 1.29 is 0 Å². The molecule has 0 unspecified atom stereocenters. The minimum absolute atomic E-state index is 0.728. The van der Waals surface area contributed by atoms with Crippen LogP contribution in [0.2, 0.25) is 0 Å². The van der Waals surface area contributed by atoms with Crippen molar-refractivity contribution in [1.82, 2.24) is 4.98 Å². The average molecular weight is 187 g/mol. The predicted octanol–water partition coefficient (Wildman–Crippen LogP) is 2.17. The molecule has 0 radical (unpaired) electrons. The van der Waals surface area contributed by atoms with Crippen molar-refractivity contribution in [2.45, 2.75) is 6.92 Å². The van der Waals surface area contributed by atoms with Gasteiger partial charge in [-0.15, -0.1) is 0 Å². The number of para-hydroxylation sites is 1. The lowest BCUT2D eigenvalue weighted by Gasteiger charge is -2.09. The fraction of sp³-hybridized carbons (Fsp3) is 0.182. The molecule has 3 nitrogen and oxygen atoms in total. The van der Waals surface area contributed by atoms with Crippen molar-refractivity contribution in [1.29, 1.82) is 0 Å². The zero-order valence-corrected chi connectivity index (χ0v) is 8.33. The summed E-state index contributed by atoms with van der Waals surface area (Å²) in [4.78, 5) is 4.42. The van der Waals surface area contributed by atoms with Crippen LogP contribution in [0.3, 0.4) is 0 Å². The maximum Gasteiger partial charge on any atom is 0.149 e. The minimum Gasteiger partial charge on any atom is -0.396 e. The molecule has 0 amide bonds. The largest absolute Gasteiger partial charge is 0.396 e. The van der Waals surface area contributed by atoms with Crippen LogP contribution in [0.5, 0.6) is 0 Å². The third-order valence-electron chi connectivity index (χ3n) is 2.44. The molecule has 14 heavy (non-hydrogen) atoms. The number of anilines is 2. The summed E-state index contributed by atoms with van der Waals surface area (Å²) in [6.07, 6.45) is 0. The number of rotatable bonds is 1. The van der Waals surface area contributed by atoms with Crippen LogP contribution in [0.4, 0.5) is 11.5 Å². The Kier molecular flexibility index (Phi) is 2.00. The summed E-state index contributed by atoms with van der Waals surface area (Å²) in [6.45, 7) is 2.01. The minimum atomic E-state index is 0.728. The number of nitrogens with two attached hydrogens (primary N) is 1. The molecule has 0 atom stereocenters. The van der Waals surface area contributed by atoms with Crippen molar-refractivity contribution in [2.75, 3.05) is 18.1 Å². The quantitative estimate of drug-likeness (QED) is 0.719. The van der Waals surface area contributed by atoms with Crippen molar-refractivity contribution in [3.8, 4) is 0 Å². The molecule has 2 aromatic rings. The van der Waals surface area contributed by atoms with Crippen LogP contribution in [-0.2, 0) is 0 Å². The fourth-order valence-corrected chi connectivity index (χ4v) is 1.58. The molecule has 0 saturated heterocycles. The first-order chi connectivity index (χ1) is 6.74. The smallest absolute Gasteiger partial charge is 0.149 e. The number of aromatic nitrogens is 1. The highest BCUT2D eigenvalue weighted by atomic mass is 15.0. The Hall–Kier alpha value is -1.77. The van der Waals surface area contributed by atoms with Crippen molar-refractivity contribution in [3.63, 3.8) is 0 Å². The molecule has 1 aromatic carbocycles. The van der Waals surface area contributed by atoms with Gasteiger partial charge in [-0.3, -0.25) is 0 Å². The zero-order chi connectivity index (χ0) is 10.1. The third kappa shape index (κ3) is 1.18. The summed E-state index contributed by atoms with van der Waals surface area (Å²) in [6, 6.07) is 8.00. The van der Waals surface area contributed by atoms with Gasteiger partial charge in [-0.05, 0) is 18.6 Å². The average Bonchev–Trinajstić information content (AvgIpc) is 2.23. The lowest BCUT2D eigenvalue weighted by atomic mass is 10.1. The van der Waals surface area contributed by atoms with E-state index in [0.29, 0.717) is 0 Å². The van der Waals surface area contributed by atoms with Crippen molar-refractivity contribution >= 4 is 22.4 Å². The van der Waals surface area contributed by atoms with Crippen LogP contribution < -0.4 is 11.1 Å². The molecule has 72 valence electrons. The number of fused-ring (bicyclic) bond motifs is 1. The van der Waals surface area contributed by atoms with Gasteiger partial charge in [-0.25, -0.2) is 4.98 Å². The van der Waals surface area contributed by atoms with Gasteiger partial charge in [-0.1, -0.05) is 18.2 Å². The first-order valence-electron chi connectivity index (χ1n) is 4.56. The third-order valence-corrected chi connectivity index (χ3v) is 2.44. The first kappa shape index (κ1) is 8.81. The molecule has 0 fully saturated rings. The molecule has 0 aliphatic carbocycles. The Morgan fingerprint density at radius 2 is 2.00 bits per heavy atom. The van der Waals surface area contributed by atoms with Crippen LogP contribution in [0.1, 0.15) is 5.56 Å². The highest BCUT2D eigenvalue weighted by Crippen LogP contribution is 2.27. The van der Waals surface area contributed by atoms with E-state index in [4.69, 9.17) is 5.73 Å². The molecule has 1 heterocycles. The molecule has 2 rings (SSSR count). The summed E-state index contributed by atoms with van der Waals surface area (Å²) < 4.78 is 0. The number of benzene rings is 1. The maximum absolute atomic E-state index is 5.93. The Morgan fingerprint density at radius 1 is 1.29 bits per heavy atom. The molecule has 0 saturated carbocycles. The predicted molar refractivity (Wildman–Crippen MR) is 60.4 cm³/mol. The van der Waals surface area contributed by atoms with Crippen LogP contribution >= 0.6 is 0 Å². The number of hydrogen-bond donors (Lipinski definition) is 2. The van der Waals surface area contributed by atoms with E-state index in [1.54, 1.807) is 0 Å². The fourth-order valence-electron chi connectivity index (χ4n) is 1.58. The summed E-state index contributed by atoms with van der Waals surface area (Å²) >= 11 is 0. The highest BCUT2D eigenvalue weighted by Gasteiger charge is 2.06. The van der Waals surface area contributed by atoms with E-state index in [2.05, 4.69) is 10.3 Å². The zero-order valence-electron chi connectivity index (χ0n) is 8.33. The normalized spacial score (nSPS) is 10.4.